The van der Waals surface area contributed by atoms with E-state index in [4.69, 9.17) is 4.74 Å². The molecule has 33 heavy (non-hydrogen) atoms. The third-order valence-corrected chi connectivity index (χ3v) is 7.86. The lowest BCUT2D eigenvalue weighted by atomic mass is 9.49. The van der Waals surface area contributed by atoms with Crippen molar-refractivity contribution in [3.8, 4) is 11.4 Å². The molecule has 1 aromatic carbocycles. The standard InChI is InChI=1S/C26H29F2NO4/c1-15-7-22(16(2)29(15)20-3-5-21(6-4-20)33-25(27)28)23(30)14-32-24(31)26-11-17-8-18(12-26)10-19(9-17)13-26/h3-7,17-19,25H,8-14H2,1-2H3. The van der Waals surface area contributed by atoms with Crippen molar-refractivity contribution < 1.29 is 27.8 Å². The van der Waals surface area contributed by atoms with Crippen molar-refractivity contribution in [2.75, 3.05) is 6.61 Å². The number of esters is 1. The van der Waals surface area contributed by atoms with E-state index in [9.17, 15) is 18.4 Å². The summed E-state index contributed by atoms with van der Waals surface area (Å²) < 4.78 is 36.7. The highest BCUT2D eigenvalue weighted by Gasteiger charge is 2.55. The van der Waals surface area contributed by atoms with E-state index in [2.05, 4.69) is 4.74 Å². The molecule has 0 N–H and O–H groups in total. The van der Waals surface area contributed by atoms with Crippen molar-refractivity contribution in [2.24, 2.45) is 23.2 Å². The molecule has 1 heterocycles. The van der Waals surface area contributed by atoms with Crippen LogP contribution in [0.3, 0.4) is 0 Å². The number of nitrogens with zero attached hydrogens (tertiary/aromatic N) is 1. The molecule has 4 bridgehead atoms. The summed E-state index contributed by atoms with van der Waals surface area (Å²) in [5, 5.41) is 0. The van der Waals surface area contributed by atoms with E-state index in [0.29, 0.717) is 29.0 Å². The van der Waals surface area contributed by atoms with E-state index in [1.54, 1.807) is 18.2 Å². The summed E-state index contributed by atoms with van der Waals surface area (Å²) in [7, 11) is 0. The predicted molar refractivity (Wildman–Crippen MR) is 118 cm³/mol. The third kappa shape index (κ3) is 4.06. The van der Waals surface area contributed by atoms with Crippen molar-refractivity contribution in [3.63, 3.8) is 0 Å². The van der Waals surface area contributed by atoms with Crippen molar-refractivity contribution in [2.45, 2.75) is 59.0 Å². The second-order valence-electron chi connectivity index (χ2n) is 10.2. The van der Waals surface area contributed by atoms with Gasteiger partial charge < -0.3 is 14.0 Å². The van der Waals surface area contributed by atoms with Crippen molar-refractivity contribution >= 4 is 11.8 Å². The van der Waals surface area contributed by atoms with Gasteiger partial charge in [0.05, 0.1) is 5.41 Å². The molecule has 7 heteroatoms. The Morgan fingerprint density at radius 3 is 2.15 bits per heavy atom. The number of ether oxygens (including phenoxy) is 2. The summed E-state index contributed by atoms with van der Waals surface area (Å²) in [6.45, 7) is 0.558. The van der Waals surface area contributed by atoms with Gasteiger partial charge in [0.2, 0.25) is 5.78 Å². The monoisotopic (exact) mass is 457 g/mol. The normalized spacial score (nSPS) is 27.7. The molecule has 4 saturated carbocycles. The average Bonchev–Trinajstić information content (AvgIpc) is 3.05. The van der Waals surface area contributed by atoms with E-state index in [1.807, 2.05) is 18.4 Å². The molecule has 4 aliphatic carbocycles. The van der Waals surface area contributed by atoms with Crippen LogP contribution in [0.1, 0.15) is 60.3 Å². The zero-order valence-electron chi connectivity index (χ0n) is 19.0. The summed E-state index contributed by atoms with van der Waals surface area (Å²) in [5.41, 5.74) is 2.39. The smallest absolute Gasteiger partial charge is 0.387 e. The maximum absolute atomic E-state index is 13.1. The quantitative estimate of drug-likeness (QED) is 0.399. The first-order chi connectivity index (χ1) is 15.7. The van der Waals surface area contributed by atoms with Gasteiger partial charge in [-0.2, -0.15) is 8.78 Å². The third-order valence-electron chi connectivity index (χ3n) is 7.86. The first-order valence-electron chi connectivity index (χ1n) is 11.7. The molecule has 0 saturated heterocycles. The lowest BCUT2D eigenvalue weighted by Crippen LogP contribution is -2.50. The number of ketones is 1. The summed E-state index contributed by atoms with van der Waals surface area (Å²) in [6, 6.07) is 8.04. The van der Waals surface area contributed by atoms with Crippen LogP contribution >= 0.6 is 0 Å². The number of rotatable bonds is 7. The Labute approximate surface area is 192 Å². The fraction of sp³-hybridized carbons (Fsp3) is 0.538. The molecule has 5 nitrogen and oxygen atoms in total. The average molecular weight is 458 g/mol. The van der Waals surface area contributed by atoms with E-state index >= 15 is 0 Å². The number of alkyl halides is 2. The minimum Gasteiger partial charge on any atom is -0.457 e. The predicted octanol–water partition coefficient (Wildman–Crippen LogP) is 5.64. The Balaban J connectivity index is 1.27. The van der Waals surface area contributed by atoms with Gasteiger partial charge in [0.15, 0.2) is 6.61 Å². The number of aryl methyl sites for hydroxylation is 1. The number of carbonyl (C=O) groups is 2. The topological polar surface area (TPSA) is 57.5 Å². The fourth-order valence-electron chi connectivity index (χ4n) is 6.94. The lowest BCUT2D eigenvalue weighted by molar-refractivity contribution is -0.170. The van der Waals surface area contributed by atoms with Crippen LogP contribution in [0.25, 0.3) is 5.69 Å². The van der Waals surface area contributed by atoms with Crippen molar-refractivity contribution in [3.05, 3.63) is 47.3 Å². The van der Waals surface area contributed by atoms with Gasteiger partial charge >= 0.3 is 12.6 Å². The molecule has 1 aromatic heterocycles. The number of Topliss-reactive ketones (excluding diaryl/α,β-unsaturated/α-hetero) is 1. The minimum atomic E-state index is -2.88. The first kappa shape index (κ1) is 22.1. The number of hydrogen-bond donors (Lipinski definition) is 0. The molecule has 4 fully saturated rings. The zero-order valence-corrected chi connectivity index (χ0v) is 19.0. The second kappa shape index (κ2) is 8.26. The van der Waals surface area contributed by atoms with E-state index in [-0.39, 0.29) is 29.5 Å². The molecule has 176 valence electrons. The van der Waals surface area contributed by atoms with E-state index in [1.165, 1.54) is 31.4 Å². The van der Waals surface area contributed by atoms with Crippen molar-refractivity contribution in [1.82, 2.24) is 4.57 Å². The number of benzene rings is 1. The highest BCUT2D eigenvalue weighted by Crippen LogP contribution is 2.60. The maximum atomic E-state index is 13.1. The zero-order chi connectivity index (χ0) is 23.3. The van der Waals surface area contributed by atoms with E-state index < -0.39 is 6.61 Å². The van der Waals surface area contributed by atoms with Crippen LogP contribution in [0.2, 0.25) is 0 Å². The Morgan fingerprint density at radius 1 is 1.03 bits per heavy atom. The van der Waals surface area contributed by atoms with Crippen molar-refractivity contribution in [1.29, 1.82) is 0 Å². The number of carbonyl (C=O) groups excluding carboxylic acids is 2. The Kier molecular flexibility index (Phi) is 5.53. The van der Waals surface area contributed by atoms with Gasteiger partial charge in [-0.3, -0.25) is 9.59 Å². The molecule has 0 amide bonds. The van der Waals surface area contributed by atoms with E-state index in [0.717, 1.165) is 30.6 Å². The Hall–Kier alpha value is -2.70. The number of hydrogen-bond acceptors (Lipinski definition) is 4. The Morgan fingerprint density at radius 2 is 1.61 bits per heavy atom. The molecule has 0 aliphatic heterocycles. The largest absolute Gasteiger partial charge is 0.457 e. The summed E-state index contributed by atoms with van der Waals surface area (Å²) >= 11 is 0. The van der Waals surface area contributed by atoms with Crippen LogP contribution in [-0.2, 0) is 9.53 Å². The van der Waals surface area contributed by atoms with Crippen LogP contribution < -0.4 is 4.74 Å². The molecule has 0 unspecified atom stereocenters. The molecule has 6 rings (SSSR count). The molecule has 0 radical (unpaired) electrons. The summed E-state index contributed by atoms with van der Waals surface area (Å²) in [4.78, 5) is 26.0. The molecule has 0 atom stereocenters. The summed E-state index contributed by atoms with van der Waals surface area (Å²) in [6.07, 6.45) is 6.45. The SMILES string of the molecule is Cc1cc(C(=O)COC(=O)C23CC4CC(CC(C4)C2)C3)c(C)n1-c1ccc(OC(F)F)cc1. The molecule has 4 aliphatic rings. The van der Waals surface area contributed by atoms with Gasteiger partial charge in [-0.05, 0) is 100 Å². The van der Waals surface area contributed by atoms with Crippen LogP contribution in [0, 0.1) is 37.0 Å². The van der Waals surface area contributed by atoms with Gasteiger partial charge in [0.25, 0.3) is 0 Å². The van der Waals surface area contributed by atoms with Gasteiger partial charge in [-0.15, -0.1) is 0 Å². The fourth-order valence-corrected chi connectivity index (χ4v) is 6.94. The molecular weight excluding hydrogens is 428 g/mol. The molecule has 2 aromatic rings. The van der Waals surface area contributed by atoms with Gasteiger partial charge in [0, 0.05) is 22.6 Å². The minimum absolute atomic E-state index is 0.0732. The lowest BCUT2D eigenvalue weighted by Gasteiger charge is -2.55. The van der Waals surface area contributed by atoms with Crippen LogP contribution in [-0.4, -0.2) is 29.5 Å². The molecular formula is C26H29F2NO4. The molecule has 0 spiro atoms. The maximum Gasteiger partial charge on any atom is 0.387 e. The highest BCUT2D eigenvalue weighted by atomic mass is 19.3. The van der Waals surface area contributed by atoms with Gasteiger partial charge in [-0.1, -0.05) is 0 Å². The second-order valence-corrected chi connectivity index (χ2v) is 10.2. The number of aromatic nitrogens is 1. The van der Waals surface area contributed by atoms with Gasteiger partial charge in [0.1, 0.15) is 5.75 Å². The van der Waals surface area contributed by atoms with Crippen LogP contribution in [0.4, 0.5) is 8.78 Å². The van der Waals surface area contributed by atoms with Crippen LogP contribution in [0.15, 0.2) is 30.3 Å². The summed E-state index contributed by atoms with van der Waals surface area (Å²) in [5.74, 6) is 1.55. The number of halogens is 2. The van der Waals surface area contributed by atoms with Crippen LogP contribution in [0.5, 0.6) is 5.75 Å². The first-order valence-corrected chi connectivity index (χ1v) is 11.7. The highest BCUT2D eigenvalue weighted by molar-refractivity contribution is 5.99. The Bertz CT molecular complexity index is 1040. The van der Waals surface area contributed by atoms with Gasteiger partial charge in [-0.25, -0.2) is 0 Å².